The Labute approximate surface area is 138 Å². The molecule has 24 heavy (non-hydrogen) atoms. The lowest BCUT2D eigenvalue weighted by atomic mass is 10.2. The Morgan fingerprint density at radius 3 is 2.17 bits per heavy atom. The molecular weight excluding hydrogens is 311 g/mol. The number of carbonyl (C=O) groups excluding carboxylic acids is 2. The van der Waals surface area contributed by atoms with Crippen molar-refractivity contribution in [3.05, 3.63) is 54.3 Å². The van der Waals surface area contributed by atoms with E-state index < -0.39 is 5.82 Å². The fraction of sp³-hybridized carbons (Fsp3) is 0.222. The first-order valence-electron chi connectivity index (χ1n) is 7.58. The van der Waals surface area contributed by atoms with Crippen LogP contribution in [0.3, 0.4) is 0 Å². The highest BCUT2D eigenvalue weighted by atomic mass is 19.1. The van der Waals surface area contributed by atoms with Crippen LogP contribution in [0.4, 0.5) is 15.8 Å². The number of methoxy groups -OCH3 is 1. The summed E-state index contributed by atoms with van der Waals surface area (Å²) in [5, 5.41) is 5.41. The molecule has 2 amide bonds. The average molecular weight is 328 g/mol. The SMILES string of the molecule is COc1cccc(NC(=O)C2CC2C(=O)Nc2cccc(F)c2)c1. The van der Waals surface area contributed by atoms with Crippen LogP contribution < -0.4 is 15.4 Å². The lowest BCUT2D eigenvalue weighted by molar-refractivity contribution is -0.122. The van der Waals surface area contributed by atoms with Crippen LogP contribution in [0.2, 0.25) is 0 Å². The molecular formula is C18H17FN2O3. The van der Waals surface area contributed by atoms with E-state index in [0.717, 1.165) is 0 Å². The van der Waals surface area contributed by atoms with E-state index in [1.165, 1.54) is 18.2 Å². The van der Waals surface area contributed by atoms with Crippen molar-refractivity contribution in [3.8, 4) is 5.75 Å². The highest BCUT2D eigenvalue weighted by Crippen LogP contribution is 2.40. The number of hydrogen-bond donors (Lipinski definition) is 2. The molecule has 0 saturated heterocycles. The smallest absolute Gasteiger partial charge is 0.228 e. The van der Waals surface area contributed by atoms with Crippen molar-refractivity contribution in [2.24, 2.45) is 11.8 Å². The van der Waals surface area contributed by atoms with Gasteiger partial charge in [-0.2, -0.15) is 0 Å². The first kappa shape index (κ1) is 16.0. The summed E-state index contributed by atoms with van der Waals surface area (Å²) < 4.78 is 18.2. The highest BCUT2D eigenvalue weighted by Gasteiger charge is 2.48. The van der Waals surface area contributed by atoms with Crippen LogP contribution in [0.15, 0.2) is 48.5 Å². The molecule has 124 valence electrons. The van der Waals surface area contributed by atoms with Crippen LogP contribution in [-0.4, -0.2) is 18.9 Å². The highest BCUT2D eigenvalue weighted by molar-refractivity contribution is 6.03. The number of ether oxygens (including phenoxy) is 1. The van der Waals surface area contributed by atoms with Crippen molar-refractivity contribution in [3.63, 3.8) is 0 Å². The molecule has 2 N–H and O–H groups in total. The topological polar surface area (TPSA) is 67.4 Å². The van der Waals surface area contributed by atoms with Gasteiger partial charge in [-0.1, -0.05) is 12.1 Å². The fourth-order valence-corrected chi connectivity index (χ4v) is 2.51. The molecule has 1 saturated carbocycles. The fourth-order valence-electron chi connectivity index (χ4n) is 2.51. The Balaban J connectivity index is 1.56. The minimum atomic E-state index is -0.420. The lowest BCUT2D eigenvalue weighted by Gasteiger charge is -2.07. The van der Waals surface area contributed by atoms with Gasteiger partial charge in [0.2, 0.25) is 11.8 Å². The number of benzene rings is 2. The molecule has 0 spiro atoms. The largest absolute Gasteiger partial charge is 0.497 e. The van der Waals surface area contributed by atoms with E-state index in [9.17, 15) is 14.0 Å². The Bertz CT molecular complexity index is 778. The molecule has 1 aliphatic rings. The Kier molecular flexibility index (Phi) is 4.46. The molecule has 2 aromatic rings. The second-order valence-corrected chi connectivity index (χ2v) is 5.67. The molecule has 0 aromatic heterocycles. The molecule has 6 heteroatoms. The number of nitrogens with one attached hydrogen (secondary N) is 2. The zero-order valence-electron chi connectivity index (χ0n) is 13.1. The van der Waals surface area contributed by atoms with Gasteiger partial charge in [0.15, 0.2) is 0 Å². The number of carbonyl (C=O) groups is 2. The number of halogens is 1. The van der Waals surface area contributed by atoms with Gasteiger partial charge >= 0.3 is 0 Å². The molecule has 1 aliphatic carbocycles. The van der Waals surface area contributed by atoms with E-state index in [1.54, 1.807) is 37.4 Å². The molecule has 0 heterocycles. The van der Waals surface area contributed by atoms with Crippen molar-refractivity contribution in [2.45, 2.75) is 6.42 Å². The molecule has 5 nitrogen and oxygen atoms in total. The quantitative estimate of drug-likeness (QED) is 0.886. The maximum atomic E-state index is 13.1. The van der Waals surface area contributed by atoms with Crippen LogP contribution in [0.5, 0.6) is 5.75 Å². The second kappa shape index (κ2) is 6.70. The standard InChI is InChI=1S/C18H17FN2O3/c1-24-14-7-3-6-13(9-14)21-18(23)16-10-15(16)17(22)20-12-5-2-4-11(19)8-12/h2-9,15-16H,10H2,1H3,(H,20,22)(H,21,23). The predicted molar refractivity (Wildman–Crippen MR) is 88.3 cm³/mol. The van der Waals surface area contributed by atoms with Gasteiger partial charge in [-0.05, 0) is 36.8 Å². The summed E-state index contributed by atoms with van der Waals surface area (Å²) in [6, 6.07) is 12.7. The monoisotopic (exact) mass is 328 g/mol. The first-order valence-corrected chi connectivity index (χ1v) is 7.58. The van der Waals surface area contributed by atoms with Gasteiger partial charge in [0, 0.05) is 17.4 Å². The van der Waals surface area contributed by atoms with Gasteiger partial charge < -0.3 is 15.4 Å². The minimum absolute atomic E-state index is 0.206. The zero-order chi connectivity index (χ0) is 17.1. The molecule has 2 unspecified atom stereocenters. The van der Waals surface area contributed by atoms with Gasteiger partial charge in [-0.25, -0.2) is 4.39 Å². The third-order valence-electron chi connectivity index (χ3n) is 3.89. The van der Waals surface area contributed by atoms with Crippen molar-refractivity contribution in [1.29, 1.82) is 0 Å². The van der Waals surface area contributed by atoms with Crippen molar-refractivity contribution in [2.75, 3.05) is 17.7 Å². The predicted octanol–water partition coefficient (Wildman–Crippen LogP) is 3.05. The van der Waals surface area contributed by atoms with Crippen LogP contribution in [0, 0.1) is 17.7 Å². The number of anilines is 2. The summed E-state index contributed by atoms with van der Waals surface area (Å²) in [7, 11) is 1.55. The second-order valence-electron chi connectivity index (χ2n) is 5.67. The normalized spacial score (nSPS) is 18.6. The molecule has 0 bridgehead atoms. The van der Waals surface area contributed by atoms with Crippen molar-refractivity contribution in [1.82, 2.24) is 0 Å². The summed E-state index contributed by atoms with van der Waals surface area (Å²) >= 11 is 0. The van der Waals surface area contributed by atoms with E-state index in [2.05, 4.69) is 10.6 Å². The van der Waals surface area contributed by atoms with E-state index in [-0.39, 0.29) is 23.7 Å². The maximum absolute atomic E-state index is 13.1. The van der Waals surface area contributed by atoms with E-state index in [1.807, 2.05) is 0 Å². The molecule has 1 fully saturated rings. The molecule has 0 aliphatic heterocycles. The third kappa shape index (κ3) is 3.71. The summed E-state index contributed by atoms with van der Waals surface area (Å²) in [4.78, 5) is 24.3. The summed E-state index contributed by atoms with van der Waals surface area (Å²) in [6.07, 6.45) is 0.483. The Morgan fingerprint density at radius 2 is 1.58 bits per heavy atom. The Morgan fingerprint density at radius 1 is 1.00 bits per heavy atom. The van der Waals surface area contributed by atoms with Crippen molar-refractivity contribution < 1.29 is 18.7 Å². The van der Waals surface area contributed by atoms with Gasteiger partial charge in [-0.15, -0.1) is 0 Å². The molecule has 2 aromatic carbocycles. The summed E-state index contributed by atoms with van der Waals surface area (Å²) in [5.41, 5.74) is 1.01. The van der Waals surface area contributed by atoms with E-state index in [4.69, 9.17) is 4.74 Å². The summed E-state index contributed by atoms with van der Waals surface area (Å²) in [5.74, 6) is -1.02. The summed E-state index contributed by atoms with van der Waals surface area (Å²) in [6.45, 7) is 0. The third-order valence-corrected chi connectivity index (χ3v) is 3.89. The molecule has 2 atom stereocenters. The number of amides is 2. The number of rotatable bonds is 5. The first-order chi connectivity index (χ1) is 11.6. The zero-order valence-corrected chi connectivity index (χ0v) is 13.1. The van der Waals surface area contributed by atoms with Gasteiger partial charge in [0.05, 0.1) is 18.9 Å². The van der Waals surface area contributed by atoms with Gasteiger partial charge in [0.25, 0.3) is 0 Å². The van der Waals surface area contributed by atoms with Crippen LogP contribution in [0.25, 0.3) is 0 Å². The lowest BCUT2D eigenvalue weighted by Crippen LogP contribution is -2.20. The molecule has 0 radical (unpaired) electrons. The van der Waals surface area contributed by atoms with E-state index >= 15 is 0 Å². The van der Waals surface area contributed by atoms with Crippen LogP contribution >= 0.6 is 0 Å². The number of hydrogen-bond acceptors (Lipinski definition) is 3. The van der Waals surface area contributed by atoms with Crippen LogP contribution in [-0.2, 0) is 9.59 Å². The van der Waals surface area contributed by atoms with Gasteiger partial charge in [0.1, 0.15) is 11.6 Å². The van der Waals surface area contributed by atoms with Crippen molar-refractivity contribution >= 4 is 23.2 Å². The minimum Gasteiger partial charge on any atom is -0.497 e. The Hall–Kier alpha value is -2.89. The molecule has 3 rings (SSSR count). The maximum Gasteiger partial charge on any atom is 0.228 e. The average Bonchev–Trinajstić information content (AvgIpc) is 3.36. The van der Waals surface area contributed by atoms with Gasteiger partial charge in [-0.3, -0.25) is 9.59 Å². The van der Waals surface area contributed by atoms with E-state index in [0.29, 0.717) is 23.5 Å². The van der Waals surface area contributed by atoms with Crippen LogP contribution in [0.1, 0.15) is 6.42 Å².